The molecule has 1 aromatic carbocycles. The highest BCUT2D eigenvalue weighted by Gasteiger charge is 2.37. The molecule has 0 spiro atoms. The van der Waals surface area contributed by atoms with Gasteiger partial charge in [-0.15, -0.1) is 11.8 Å². The van der Waals surface area contributed by atoms with Crippen molar-refractivity contribution in [3.8, 4) is 0 Å². The highest BCUT2D eigenvalue weighted by molar-refractivity contribution is 7.99. The lowest BCUT2D eigenvalue weighted by Crippen LogP contribution is -2.51. The molecule has 2 fully saturated rings. The third-order valence-electron chi connectivity index (χ3n) is 4.67. The van der Waals surface area contributed by atoms with E-state index in [0.717, 1.165) is 24.6 Å². The first-order valence-corrected chi connectivity index (χ1v) is 10.9. The fourth-order valence-corrected chi connectivity index (χ4v) is 5.29. The maximum atomic E-state index is 12.8. The summed E-state index contributed by atoms with van der Waals surface area (Å²) < 4.78 is 0. The van der Waals surface area contributed by atoms with Gasteiger partial charge in [-0.3, -0.25) is 9.59 Å². The average molecular weight is 395 g/mol. The molecule has 0 bridgehead atoms. The second kappa shape index (κ2) is 8.81. The van der Waals surface area contributed by atoms with Crippen LogP contribution in [0.2, 0.25) is 0 Å². The van der Waals surface area contributed by atoms with Crippen molar-refractivity contribution in [2.45, 2.75) is 18.9 Å². The molecule has 140 valence electrons. The molecular weight excluding hydrogens is 372 g/mol. The number of benzene rings is 1. The SMILES string of the molecule is O=C(O)c1ccccc1CCC(=O)N1CSCC1C(=O)N1CCSCC1. The molecule has 2 heterocycles. The number of carbonyl (C=O) groups is 3. The van der Waals surface area contributed by atoms with E-state index in [1.807, 2.05) is 16.7 Å². The summed E-state index contributed by atoms with van der Waals surface area (Å²) in [4.78, 5) is 40.3. The van der Waals surface area contributed by atoms with Crippen molar-refractivity contribution in [2.24, 2.45) is 0 Å². The summed E-state index contributed by atoms with van der Waals surface area (Å²) in [7, 11) is 0. The first-order chi connectivity index (χ1) is 12.6. The lowest BCUT2D eigenvalue weighted by atomic mass is 10.0. The summed E-state index contributed by atoms with van der Waals surface area (Å²) in [6, 6.07) is 6.36. The molecule has 0 saturated carbocycles. The zero-order chi connectivity index (χ0) is 18.5. The van der Waals surface area contributed by atoms with Gasteiger partial charge in [-0.2, -0.15) is 11.8 Å². The number of carboxylic acid groups (broad SMARTS) is 1. The predicted molar refractivity (Wildman–Crippen MR) is 104 cm³/mol. The Kier molecular flexibility index (Phi) is 6.48. The van der Waals surface area contributed by atoms with Gasteiger partial charge in [-0.05, 0) is 18.1 Å². The second-order valence-electron chi connectivity index (χ2n) is 6.28. The van der Waals surface area contributed by atoms with Gasteiger partial charge in [0, 0.05) is 36.8 Å². The molecule has 1 aromatic rings. The predicted octanol–water partition coefficient (Wildman–Crippen LogP) is 1.79. The minimum Gasteiger partial charge on any atom is -0.478 e. The van der Waals surface area contributed by atoms with Crippen LogP contribution < -0.4 is 0 Å². The van der Waals surface area contributed by atoms with Crippen LogP contribution in [0, 0.1) is 0 Å². The van der Waals surface area contributed by atoms with Crippen molar-refractivity contribution in [3.05, 3.63) is 35.4 Å². The van der Waals surface area contributed by atoms with Crippen LogP contribution in [-0.4, -0.2) is 75.0 Å². The molecule has 2 saturated heterocycles. The van der Waals surface area contributed by atoms with E-state index < -0.39 is 5.97 Å². The van der Waals surface area contributed by atoms with Crippen LogP contribution in [0.25, 0.3) is 0 Å². The largest absolute Gasteiger partial charge is 0.478 e. The Morgan fingerprint density at radius 2 is 1.85 bits per heavy atom. The Morgan fingerprint density at radius 3 is 2.58 bits per heavy atom. The van der Waals surface area contributed by atoms with Crippen molar-refractivity contribution >= 4 is 41.3 Å². The number of rotatable bonds is 5. The van der Waals surface area contributed by atoms with E-state index in [9.17, 15) is 19.5 Å². The van der Waals surface area contributed by atoms with E-state index in [0.29, 0.717) is 23.6 Å². The minimum absolute atomic E-state index is 0.0505. The molecule has 8 heteroatoms. The number of aromatic carboxylic acids is 1. The number of hydrogen-bond acceptors (Lipinski definition) is 5. The number of carboxylic acids is 1. The Labute approximate surface area is 161 Å². The van der Waals surface area contributed by atoms with E-state index in [-0.39, 0.29) is 29.8 Å². The molecule has 2 aliphatic heterocycles. The second-order valence-corrected chi connectivity index (χ2v) is 8.50. The van der Waals surface area contributed by atoms with E-state index in [1.165, 1.54) is 0 Å². The molecular formula is C18H22N2O4S2. The zero-order valence-corrected chi connectivity index (χ0v) is 16.1. The minimum atomic E-state index is -0.985. The lowest BCUT2D eigenvalue weighted by molar-refractivity contribution is -0.143. The molecule has 1 N–H and O–H groups in total. The van der Waals surface area contributed by atoms with E-state index in [1.54, 1.807) is 40.9 Å². The molecule has 0 radical (unpaired) electrons. The third kappa shape index (κ3) is 4.35. The summed E-state index contributed by atoms with van der Waals surface area (Å²) in [5.74, 6) is 2.05. The molecule has 3 rings (SSSR count). The Bertz CT molecular complexity index is 692. The Morgan fingerprint density at radius 1 is 1.12 bits per heavy atom. The van der Waals surface area contributed by atoms with Crippen molar-refractivity contribution in [1.82, 2.24) is 9.80 Å². The lowest BCUT2D eigenvalue weighted by Gasteiger charge is -2.32. The number of aryl methyl sites for hydroxylation is 1. The van der Waals surface area contributed by atoms with Gasteiger partial charge in [0.1, 0.15) is 6.04 Å². The van der Waals surface area contributed by atoms with Gasteiger partial charge < -0.3 is 14.9 Å². The van der Waals surface area contributed by atoms with Gasteiger partial charge >= 0.3 is 5.97 Å². The standard InChI is InChI=1S/C18H22N2O4S2/c21-16(6-5-13-3-1-2-4-14(13)18(23)24)20-12-26-11-15(20)17(22)19-7-9-25-10-8-19/h1-4,15H,5-12H2,(H,23,24). The van der Waals surface area contributed by atoms with Crippen LogP contribution in [0.1, 0.15) is 22.3 Å². The number of amides is 2. The molecule has 1 atom stereocenters. The van der Waals surface area contributed by atoms with Crippen LogP contribution in [0.4, 0.5) is 0 Å². The van der Waals surface area contributed by atoms with Crippen LogP contribution >= 0.6 is 23.5 Å². The zero-order valence-electron chi connectivity index (χ0n) is 14.4. The molecule has 26 heavy (non-hydrogen) atoms. The van der Waals surface area contributed by atoms with Crippen LogP contribution in [0.3, 0.4) is 0 Å². The highest BCUT2D eigenvalue weighted by atomic mass is 32.2. The summed E-state index contributed by atoms with van der Waals surface area (Å²) >= 11 is 3.45. The maximum absolute atomic E-state index is 12.8. The topological polar surface area (TPSA) is 77.9 Å². The first-order valence-electron chi connectivity index (χ1n) is 8.63. The fraction of sp³-hybridized carbons (Fsp3) is 0.500. The molecule has 2 aliphatic rings. The molecule has 1 unspecified atom stereocenters. The summed E-state index contributed by atoms with van der Waals surface area (Å²) in [5.41, 5.74) is 0.880. The molecule has 0 aromatic heterocycles. The first kappa shape index (κ1) is 19.1. The van der Waals surface area contributed by atoms with Crippen LogP contribution in [-0.2, 0) is 16.0 Å². The number of nitrogens with zero attached hydrogens (tertiary/aromatic N) is 2. The van der Waals surface area contributed by atoms with E-state index >= 15 is 0 Å². The Balaban J connectivity index is 1.62. The van der Waals surface area contributed by atoms with Gasteiger partial charge in [0.15, 0.2) is 0 Å². The van der Waals surface area contributed by atoms with Crippen molar-refractivity contribution < 1.29 is 19.5 Å². The molecule has 0 aliphatic carbocycles. The maximum Gasteiger partial charge on any atom is 0.335 e. The smallest absolute Gasteiger partial charge is 0.335 e. The van der Waals surface area contributed by atoms with Crippen LogP contribution in [0.5, 0.6) is 0 Å². The molecule has 2 amide bonds. The monoisotopic (exact) mass is 394 g/mol. The van der Waals surface area contributed by atoms with Gasteiger partial charge in [0.25, 0.3) is 0 Å². The summed E-state index contributed by atoms with van der Waals surface area (Å²) in [6.45, 7) is 1.50. The highest BCUT2D eigenvalue weighted by Crippen LogP contribution is 2.25. The van der Waals surface area contributed by atoms with E-state index in [2.05, 4.69) is 0 Å². The third-order valence-corrected chi connectivity index (χ3v) is 6.62. The van der Waals surface area contributed by atoms with Crippen molar-refractivity contribution in [1.29, 1.82) is 0 Å². The van der Waals surface area contributed by atoms with Crippen LogP contribution in [0.15, 0.2) is 24.3 Å². The van der Waals surface area contributed by atoms with E-state index in [4.69, 9.17) is 0 Å². The van der Waals surface area contributed by atoms with Crippen molar-refractivity contribution in [3.63, 3.8) is 0 Å². The molecule has 6 nitrogen and oxygen atoms in total. The summed E-state index contributed by atoms with van der Waals surface area (Å²) in [5, 5.41) is 9.25. The number of thioether (sulfide) groups is 2. The fourth-order valence-electron chi connectivity index (χ4n) is 3.22. The van der Waals surface area contributed by atoms with Gasteiger partial charge in [0.05, 0.1) is 11.4 Å². The normalized spacial score (nSPS) is 20.2. The van der Waals surface area contributed by atoms with Crippen molar-refractivity contribution in [2.75, 3.05) is 36.2 Å². The average Bonchev–Trinajstić information content (AvgIpc) is 3.16. The number of carbonyl (C=O) groups excluding carboxylic acids is 2. The van der Waals surface area contributed by atoms with Gasteiger partial charge in [-0.1, -0.05) is 18.2 Å². The quantitative estimate of drug-likeness (QED) is 0.821. The summed E-state index contributed by atoms with van der Waals surface area (Å²) in [6.07, 6.45) is 0.578. The van der Waals surface area contributed by atoms with Gasteiger partial charge in [-0.25, -0.2) is 4.79 Å². The van der Waals surface area contributed by atoms with Gasteiger partial charge in [0.2, 0.25) is 11.8 Å². The Hall–Kier alpha value is -1.67. The number of hydrogen-bond donors (Lipinski definition) is 1.